The number of thiophene rings is 1. The molecule has 1 N–H and O–H groups in total. The Hall–Kier alpha value is -2.03. The largest absolute Gasteiger partial charge is 0.334 e. The number of aryl methyl sites for hydroxylation is 2. The van der Waals surface area contributed by atoms with Crippen LogP contribution in [0.25, 0.3) is 11.3 Å². The molecule has 0 radical (unpaired) electrons. The zero-order valence-electron chi connectivity index (χ0n) is 13.4. The van der Waals surface area contributed by atoms with Crippen LogP contribution in [0.4, 0.5) is 0 Å². The Labute approximate surface area is 145 Å². The monoisotopic (exact) mass is 362 g/mol. The second-order valence-corrected chi connectivity index (χ2v) is 7.79. The molecule has 0 unspecified atom stereocenters. The van der Waals surface area contributed by atoms with Crippen molar-refractivity contribution in [2.45, 2.75) is 32.0 Å². The topological polar surface area (TPSA) is 76.9 Å². The lowest BCUT2D eigenvalue weighted by atomic mass is 10.1. The maximum Gasteiger partial charge on any atom is 0.259 e. The van der Waals surface area contributed by atoms with E-state index in [2.05, 4.69) is 14.7 Å². The highest BCUT2D eigenvalue weighted by Gasteiger charge is 2.18. The third-order valence-electron chi connectivity index (χ3n) is 3.68. The Kier molecular flexibility index (Phi) is 4.79. The van der Waals surface area contributed by atoms with Crippen molar-refractivity contribution in [1.29, 1.82) is 0 Å². The molecule has 0 fully saturated rings. The van der Waals surface area contributed by atoms with Gasteiger partial charge >= 0.3 is 0 Å². The van der Waals surface area contributed by atoms with Gasteiger partial charge in [-0.05, 0) is 43.0 Å². The van der Waals surface area contributed by atoms with Gasteiger partial charge in [0.05, 0.1) is 5.69 Å². The third kappa shape index (κ3) is 3.55. The third-order valence-corrected chi connectivity index (χ3v) is 5.63. The van der Waals surface area contributed by atoms with Gasteiger partial charge in [-0.1, -0.05) is 0 Å². The summed E-state index contributed by atoms with van der Waals surface area (Å²) in [6.45, 7) is 4.61. The molecule has 3 heterocycles. The fourth-order valence-electron chi connectivity index (χ4n) is 2.33. The molecule has 0 saturated heterocycles. The van der Waals surface area contributed by atoms with Gasteiger partial charge in [-0.3, -0.25) is 4.98 Å². The number of sulfonamides is 1. The van der Waals surface area contributed by atoms with E-state index in [9.17, 15) is 8.42 Å². The summed E-state index contributed by atoms with van der Waals surface area (Å²) in [5.74, 6) is 0.682. The van der Waals surface area contributed by atoms with Crippen molar-refractivity contribution >= 4 is 21.4 Å². The number of aromatic nitrogens is 3. The molecule has 0 aliphatic heterocycles. The van der Waals surface area contributed by atoms with Crippen molar-refractivity contribution < 1.29 is 8.42 Å². The summed E-state index contributed by atoms with van der Waals surface area (Å²) in [4.78, 5) is 8.45. The van der Waals surface area contributed by atoms with Crippen LogP contribution in [0.5, 0.6) is 0 Å². The van der Waals surface area contributed by atoms with Crippen LogP contribution in [0.2, 0.25) is 0 Å². The molecule has 0 spiro atoms. The molecule has 126 valence electrons. The van der Waals surface area contributed by atoms with Crippen LogP contribution in [-0.4, -0.2) is 23.0 Å². The minimum Gasteiger partial charge on any atom is -0.334 e. The van der Waals surface area contributed by atoms with E-state index in [1.165, 1.54) is 0 Å². The fraction of sp³-hybridized carbons (Fsp3) is 0.250. The maximum absolute atomic E-state index is 12.4. The number of imidazole rings is 1. The van der Waals surface area contributed by atoms with Crippen LogP contribution in [0.1, 0.15) is 18.3 Å². The SMILES string of the molecule is CCn1cc(S(=O)(=O)NCc2ccnc(-c3ccsc3)c2)nc1C. The first-order valence-electron chi connectivity index (χ1n) is 7.50. The summed E-state index contributed by atoms with van der Waals surface area (Å²) in [6, 6.07) is 5.68. The highest BCUT2D eigenvalue weighted by atomic mass is 32.2. The zero-order valence-corrected chi connectivity index (χ0v) is 15.1. The van der Waals surface area contributed by atoms with E-state index in [0.717, 1.165) is 16.8 Å². The van der Waals surface area contributed by atoms with Crippen molar-refractivity contribution in [1.82, 2.24) is 19.3 Å². The summed E-state index contributed by atoms with van der Waals surface area (Å²) >= 11 is 1.60. The number of rotatable bonds is 6. The molecule has 6 nitrogen and oxygen atoms in total. The van der Waals surface area contributed by atoms with Crippen LogP contribution in [0, 0.1) is 6.92 Å². The molecule has 0 atom stereocenters. The molecule has 3 rings (SSSR count). The van der Waals surface area contributed by atoms with Gasteiger partial charge in [0.15, 0.2) is 5.03 Å². The van der Waals surface area contributed by atoms with Crippen molar-refractivity contribution in [3.8, 4) is 11.3 Å². The molecule has 3 aromatic rings. The van der Waals surface area contributed by atoms with Crippen molar-refractivity contribution in [2.24, 2.45) is 0 Å². The average Bonchev–Trinajstić information content (AvgIpc) is 3.23. The summed E-state index contributed by atoms with van der Waals surface area (Å²) in [6.07, 6.45) is 3.24. The van der Waals surface area contributed by atoms with E-state index >= 15 is 0 Å². The number of pyridine rings is 1. The summed E-state index contributed by atoms with van der Waals surface area (Å²) in [5, 5.41) is 4.05. The number of nitrogens with zero attached hydrogens (tertiary/aromatic N) is 3. The van der Waals surface area contributed by atoms with E-state index in [1.807, 2.05) is 29.8 Å². The van der Waals surface area contributed by atoms with Crippen LogP contribution in [-0.2, 0) is 23.1 Å². The molecule has 3 aromatic heterocycles. The second kappa shape index (κ2) is 6.84. The molecule has 0 aliphatic carbocycles. The van der Waals surface area contributed by atoms with Crippen LogP contribution >= 0.6 is 11.3 Å². The second-order valence-electron chi connectivity index (χ2n) is 5.30. The van der Waals surface area contributed by atoms with Gasteiger partial charge < -0.3 is 4.57 Å². The first-order valence-corrected chi connectivity index (χ1v) is 9.93. The van der Waals surface area contributed by atoms with E-state index < -0.39 is 10.0 Å². The van der Waals surface area contributed by atoms with E-state index in [0.29, 0.717) is 12.4 Å². The standard InChI is InChI=1S/C16H18N4O2S2/c1-3-20-10-16(19-12(20)2)24(21,22)18-9-13-4-6-17-15(8-13)14-5-7-23-11-14/h4-8,10-11,18H,3,9H2,1-2H3. The minimum absolute atomic E-state index is 0.0500. The van der Waals surface area contributed by atoms with Crippen molar-refractivity contribution in [3.63, 3.8) is 0 Å². The number of hydrogen-bond donors (Lipinski definition) is 1. The average molecular weight is 362 g/mol. The normalized spacial score (nSPS) is 11.8. The van der Waals surface area contributed by atoms with E-state index in [-0.39, 0.29) is 11.6 Å². The highest BCUT2D eigenvalue weighted by Crippen LogP contribution is 2.20. The lowest BCUT2D eigenvalue weighted by Crippen LogP contribution is -2.23. The Morgan fingerprint density at radius 2 is 2.17 bits per heavy atom. The molecule has 8 heteroatoms. The number of hydrogen-bond acceptors (Lipinski definition) is 5. The summed E-state index contributed by atoms with van der Waals surface area (Å²) in [7, 11) is -3.64. The Balaban J connectivity index is 1.76. The predicted molar refractivity (Wildman–Crippen MR) is 94.2 cm³/mol. The van der Waals surface area contributed by atoms with Gasteiger partial charge in [0, 0.05) is 36.4 Å². The lowest BCUT2D eigenvalue weighted by Gasteiger charge is -2.06. The maximum atomic E-state index is 12.4. The van der Waals surface area contributed by atoms with Gasteiger partial charge in [0.25, 0.3) is 10.0 Å². The molecular weight excluding hydrogens is 344 g/mol. The first kappa shape index (κ1) is 16.8. The highest BCUT2D eigenvalue weighted by molar-refractivity contribution is 7.89. The lowest BCUT2D eigenvalue weighted by molar-refractivity contribution is 0.577. The number of nitrogens with one attached hydrogen (secondary N) is 1. The molecule has 0 bridgehead atoms. The summed E-state index contributed by atoms with van der Waals surface area (Å²) < 4.78 is 29.2. The van der Waals surface area contributed by atoms with Crippen LogP contribution in [0.3, 0.4) is 0 Å². The summed E-state index contributed by atoms with van der Waals surface area (Å²) in [5.41, 5.74) is 2.71. The smallest absolute Gasteiger partial charge is 0.259 e. The van der Waals surface area contributed by atoms with Crippen LogP contribution < -0.4 is 4.72 Å². The molecule has 0 aliphatic rings. The minimum atomic E-state index is -3.64. The van der Waals surface area contributed by atoms with E-state index in [1.54, 1.807) is 41.3 Å². The molecular formula is C16H18N4O2S2. The van der Waals surface area contributed by atoms with Gasteiger partial charge in [-0.25, -0.2) is 18.1 Å². The Morgan fingerprint density at radius 1 is 1.33 bits per heavy atom. The van der Waals surface area contributed by atoms with Gasteiger partial charge in [0.1, 0.15) is 5.82 Å². The van der Waals surface area contributed by atoms with Crippen molar-refractivity contribution in [2.75, 3.05) is 0 Å². The molecule has 0 aromatic carbocycles. The Morgan fingerprint density at radius 3 is 2.83 bits per heavy atom. The van der Waals surface area contributed by atoms with Crippen LogP contribution in [0.15, 0.2) is 46.4 Å². The van der Waals surface area contributed by atoms with Gasteiger partial charge in [-0.15, -0.1) is 0 Å². The van der Waals surface area contributed by atoms with Crippen molar-refractivity contribution in [3.05, 3.63) is 52.7 Å². The zero-order chi connectivity index (χ0) is 17.2. The predicted octanol–water partition coefficient (Wildman–Crippen LogP) is 2.81. The van der Waals surface area contributed by atoms with Gasteiger partial charge in [-0.2, -0.15) is 11.3 Å². The molecule has 0 amide bonds. The molecule has 24 heavy (non-hydrogen) atoms. The van der Waals surface area contributed by atoms with Gasteiger partial charge in [0.2, 0.25) is 0 Å². The molecule has 0 saturated carbocycles. The Bertz CT molecular complexity index is 931. The quantitative estimate of drug-likeness (QED) is 0.731. The fourth-order valence-corrected chi connectivity index (χ4v) is 4.01. The first-order chi connectivity index (χ1) is 11.5. The van der Waals surface area contributed by atoms with E-state index in [4.69, 9.17) is 0 Å².